The zero-order valence-corrected chi connectivity index (χ0v) is 32.3. The molecule has 7 aromatic carbocycles. The lowest BCUT2D eigenvalue weighted by molar-refractivity contribution is 0.649. The first-order valence-electron chi connectivity index (χ1n) is 19.9. The predicted molar refractivity (Wildman–Crippen MR) is 241 cm³/mol. The molecule has 0 atom stereocenters. The van der Waals surface area contributed by atoms with Gasteiger partial charge in [0.2, 0.25) is 0 Å². The Labute approximate surface area is 329 Å². The molecule has 1 heterocycles. The Morgan fingerprint density at radius 1 is 0.589 bits per heavy atom. The van der Waals surface area contributed by atoms with Crippen LogP contribution in [0.2, 0.25) is 0 Å². The van der Waals surface area contributed by atoms with Crippen molar-refractivity contribution in [1.29, 1.82) is 0 Å². The Bertz CT molecular complexity index is 3000. The van der Waals surface area contributed by atoms with Crippen LogP contribution in [0.5, 0.6) is 0 Å². The Morgan fingerprint density at radius 3 is 1.95 bits per heavy atom. The molecular formula is C55H44O. The van der Waals surface area contributed by atoms with E-state index in [1.54, 1.807) is 0 Å². The molecule has 56 heavy (non-hydrogen) atoms. The van der Waals surface area contributed by atoms with Crippen LogP contribution in [-0.2, 0) is 11.8 Å². The van der Waals surface area contributed by atoms with Crippen LogP contribution < -0.4 is 0 Å². The van der Waals surface area contributed by atoms with Gasteiger partial charge in [-0.15, -0.1) is 0 Å². The Morgan fingerprint density at radius 2 is 1.21 bits per heavy atom. The summed E-state index contributed by atoms with van der Waals surface area (Å²) in [7, 11) is 0. The minimum Gasteiger partial charge on any atom is -0.456 e. The molecule has 2 aliphatic carbocycles. The van der Waals surface area contributed by atoms with E-state index in [9.17, 15) is 0 Å². The highest BCUT2D eigenvalue weighted by Crippen LogP contribution is 2.48. The van der Waals surface area contributed by atoms with E-state index in [1.165, 1.54) is 93.2 Å². The summed E-state index contributed by atoms with van der Waals surface area (Å²) < 4.78 is 6.27. The maximum Gasteiger partial charge on any atom is 0.136 e. The average Bonchev–Trinajstić information content (AvgIpc) is 3.72. The normalized spacial score (nSPS) is 18.7. The highest BCUT2D eigenvalue weighted by Gasteiger charge is 2.36. The summed E-state index contributed by atoms with van der Waals surface area (Å²) >= 11 is 0. The lowest BCUT2D eigenvalue weighted by Crippen LogP contribution is -2.15. The van der Waals surface area contributed by atoms with Crippen LogP contribution in [-0.4, -0.2) is 0 Å². The lowest BCUT2D eigenvalue weighted by atomic mass is 9.80. The second-order valence-corrected chi connectivity index (χ2v) is 16.0. The number of rotatable bonds is 4. The van der Waals surface area contributed by atoms with Gasteiger partial charge in [0.25, 0.3) is 0 Å². The molecule has 1 aromatic heterocycles. The predicted octanol–water partition coefficient (Wildman–Crippen LogP) is 15.3. The van der Waals surface area contributed by atoms with Gasteiger partial charge in [-0.25, -0.2) is 0 Å². The molecule has 0 unspecified atom stereocenters. The number of furan rings is 1. The third-order valence-corrected chi connectivity index (χ3v) is 12.3. The monoisotopic (exact) mass is 720 g/mol. The summed E-state index contributed by atoms with van der Waals surface area (Å²) in [5, 5.41) is 10.1. The maximum atomic E-state index is 6.27. The fraction of sp³-hybridized carbons (Fsp3) is 0.127. The molecule has 0 saturated heterocycles. The average molecular weight is 721 g/mol. The van der Waals surface area contributed by atoms with E-state index in [1.807, 2.05) is 6.07 Å². The van der Waals surface area contributed by atoms with Gasteiger partial charge in [0.15, 0.2) is 0 Å². The highest BCUT2D eigenvalue weighted by atomic mass is 16.3. The molecule has 0 spiro atoms. The van der Waals surface area contributed by atoms with Crippen molar-refractivity contribution in [2.45, 2.75) is 45.4 Å². The number of fused-ring (bicyclic) bond motifs is 8. The Hall–Kier alpha value is -6.44. The molecule has 0 fully saturated rings. The highest BCUT2D eigenvalue weighted by molar-refractivity contribution is 6.16. The largest absolute Gasteiger partial charge is 0.456 e. The maximum absolute atomic E-state index is 6.27. The summed E-state index contributed by atoms with van der Waals surface area (Å²) in [5.41, 5.74) is 13.9. The molecule has 0 N–H and O–H groups in total. The quantitative estimate of drug-likeness (QED) is 0.165. The van der Waals surface area contributed by atoms with Crippen LogP contribution >= 0.6 is 0 Å². The smallest absolute Gasteiger partial charge is 0.136 e. The van der Waals surface area contributed by atoms with Gasteiger partial charge in [-0.2, -0.15) is 0 Å². The summed E-state index contributed by atoms with van der Waals surface area (Å²) in [6.07, 6.45) is 21.1. The van der Waals surface area contributed by atoms with Crippen molar-refractivity contribution in [3.05, 3.63) is 209 Å². The van der Waals surface area contributed by atoms with Gasteiger partial charge >= 0.3 is 0 Å². The summed E-state index contributed by atoms with van der Waals surface area (Å²) in [4.78, 5) is 0. The fourth-order valence-electron chi connectivity index (χ4n) is 9.47. The van der Waals surface area contributed by atoms with E-state index in [0.29, 0.717) is 0 Å². The lowest BCUT2D eigenvalue weighted by Gasteiger charge is -2.24. The molecular weight excluding hydrogens is 677 g/mol. The van der Waals surface area contributed by atoms with Gasteiger partial charge in [-0.05, 0) is 121 Å². The summed E-state index contributed by atoms with van der Waals surface area (Å²) in [6, 6.07) is 46.4. The number of allylic oxidation sites excluding steroid dienone is 12. The molecule has 0 bridgehead atoms. The van der Waals surface area contributed by atoms with Crippen molar-refractivity contribution in [3.8, 4) is 0 Å². The zero-order chi connectivity index (χ0) is 37.8. The van der Waals surface area contributed by atoms with Crippen molar-refractivity contribution in [2.75, 3.05) is 0 Å². The first-order chi connectivity index (χ1) is 27.5. The molecule has 10 rings (SSSR count). The van der Waals surface area contributed by atoms with E-state index >= 15 is 0 Å². The van der Waals surface area contributed by atoms with Gasteiger partial charge in [-0.3, -0.25) is 0 Å². The van der Waals surface area contributed by atoms with E-state index in [4.69, 9.17) is 4.42 Å². The molecule has 0 radical (unpaired) electrons. The van der Waals surface area contributed by atoms with E-state index in [0.717, 1.165) is 30.4 Å². The van der Waals surface area contributed by atoms with Crippen molar-refractivity contribution >= 4 is 71.0 Å². The number of hydrogen-bond acceptors (Lipinski definition) is 1. The van der Waals surface area contributed by atoms with Gasteiger partial charge < -0.3 is 4.42 Å². The molecule has 0 saturated carbocycles. The summed E-state index contributed by atoms with van der Waals surface area (Å²) in [5.74, 6) is 0. The minimum atomic E-state index is -0.121. The van der Waals surface area contributed by atoms with E-state index in [2.05, 4.69) is 191 Å². The minimum absolute atomic E-state index is 0.121. The van der Waals surface area contributed by atoms with Gasteiger partial charge in [0.05, 0.1) is 0 Å². The second-order valence-electron chi connectivity index (χ2n) is 16.0. The van der Waals surface area contributed by atoms with Crippen LogP contribution in [0.15, 0.2) is 186 Å². The van der Waals surface area contributed by atoms with Crippen molar-refractivity contribution in [1.82, 2.24) is 0 Å². The van der Waals surface area contributed by atoms with Crippen molar-refractivity contribution in [3.63, 3.8) is 0 Å². The van der Waals surface area contributed by atoms with Crippen LogP contribution in [0.25, 0.3) is 71.0 Å². The summed E-state index contributed by atoms with van der Waals surface area (Å²) in [6.45, 7) is 7.10. The number of benzene rings is 7. The second kappa shape index (κ2) is 13.7. The van der Waals surface area contributed by atoms with E-state index in [-0.39, 0.29) is 5.41 Å². The SMILES string of the molecule is C/C(=C\C=C1/Cc2ccc3cc4oc5ccccc5c4cc3c2C1(C)C)c1c2ccccc2c(C2=C/C=C(/c3ccccc3)C/C=C\C=C/C2)c2ccccc12. The standard InChI is InChI=1S/C55H44O/c1-36(27-32-42-33-41-31-30-40-34-51-49(35-48(40)54(41)55(42,2)3)43-21-15-16-26-50(43)56-51)52-44-22-11-13-24-46(44)53(47-25-14-12-23-45(47)52)39-20-8-5-4-7-19-38(28-29-39)37-17-9-6-10-18-37/h4-18,21-32,34-35H,19-20,33H2,1-3H3/b7-4-,8-5-,36-27+,38-28+,39-29?,42-32+. The van der Waals surface area contributed by atoms with Crippen LogP contribution in [0, 0.1) is 0 Å². The van der Waals surface area contributed by atoms with Crippen molar-refractivity contribution < 1.29 is 4.42 Å². The Balaban J connectivity index is 1.09. The molecule has 1 heteroatoms. The van der Waals surface area contributed by atoms with Crippen LogP contribution in [0.4, 0.5) is 0 Å². The molecule has 270 valence electrons. The zero-order valence-electron chi connectivity index (χ0n) is 32.3. The van der Waals surface area contributed by atoms with Gasteiger partial charge in [-0.1, -0.05) is 177 Å². The fourth-order valence-corrected chi connectivity index (χ4v) is 9.47. The van der Waals surface area contributed by atoms with Gasteiger partial charge in [0, 0.05) is 16.2 Å². The van der Waals surface area contributed by atoms with Crippen LogP contribution in [0.1, 0.15) is 61.4 Å². The molecule has 1 nitrogen and oxygen atoms in total. The molecule has 0 aliphatic heterocycles. The van der Waals surface area contributed by atoms with E-state index < -0.39 is 0 Å². The number of hydrogen-bond donors (Lipinski definition) is 0. The topological polar surface area (TPSA) is 13.1 Å². The molecule has 8 aromatic rings. The third-order valence-electron chi connectivity index (χ3n) is 12.3. The van der Waals surface area contributed by atoms with Crippen LogP contribution in [0.3, 0.4) is 0 Å². The first-order valence-corrected chi connectivity index (χ1v) is 19.9. The Kier molecular flexibility index (Phi) is 8.33. The molecule has 2 aliphatic rings. The van der Waals surface area contributed by atoms with Gasteiger partial charge in [0.1, 0.15) is 11.2 Å². The molecule has 0 amide bonds. The third kappa shape index (κ3) is 5.69. The van der Waals surface area contributed by atoms with Crippen molar-refractivity contribution in [2.24, 2.45) is 0 Å². The first kappa shape index (κ1) is 34.1. The number of para-hydroxylation sites is 1.